The van der Waals surface area contributed by atoms with Crippen molar-refractivity contribution in [2.75, 3.05) is 0 Å². The van der Waals surface area contributed by atoms with Crippen LogP contribution < -0.4 is 0 Å². The molecule has 7 unspecified atom stereocenters. The smallest absolute Gasteiger partial charge is 0.302 e. The molecule has 32 heavy (non-hydrogen) atoms. The zero-order chi connectivity index (χ0) is 23.3. The van der Waals surface area contributed by atoms with Gasteiger partial charge < -0.3 is 4.74 Å². The maximum absolute atomic E-state index is 13.5. The van der Waals surface area contributed by atoms with Crippen LogP contribution in [0.2, 0.25) is 0 Å². The molecule has 4 aliphatic carbocycles. The maximum atomic E-state index is 13.5. The lowest BCUT2D eigenvalue weighted by Crippen LogP contribution is -2.57. The van der Waals surface area contributed by atoms with Crippen molar-refractivity contribution in [3.8, 4) is 0 Å². The Morgan fingerprint density at radius 2 is 1.69 bits per heavy atom. The van der Waals surface area contributed by atoms with Crippen LogP contribution in [0.3, 0.4) is 0 Å². The van der Waals surface area contributed by atoms with E-state index in [0.717, 1.165) is 49.4 Å². The molecule has 0 bridgehead atoms. The first kappa shape index (κ1) is 24.3. The number of fused-ring (bicyclic) bond motifs is 5. The third-order valence-corrected chi connectivity index (χ3v) is 10.9. The molecule has 0 aromatic rings. The number of hydrogen-bond donors (Lipinski definition) is 0. The highest BCUT2D eigenvalue weighted by molar-refractivity contribution is 5.83. The average molecular weight is 445 g/mol. The monoisotopic (exact) mass is 444 g/mol. The van der Waals surface area contributed by atoms with E-state index in [9.17, 15) is 9.59 Å². The molecule has 3 heteroatoms. The second-order valence-corrected chi connectivity index (χ2v) is 13.1. The van der Waals surface area contributed by atoms with E-state index in [4.69, 9.17) is 4.74 Å². The van der Waals surface area contributed by atoms with Crippen molar-refractivity contribution in [2.45, 2.75) is 118 Å². The van der Waals surface area contributed by atoms with Crippen LogP contribution in [0.1, 0.15) is 112 Å². The van der Waals surface area contributed by atoms with Gasteiger partial charge in [0.2, 0.25) is 0 Å². The molecule has 4 saturated carbocycles. The maximum Gasteiger partial charge on any atom is 0.302 e. The summed E-state index contributed by atoms with van der Waals surface area (Å²) >= 11 is 0. The lowest BCUT2D eigenvalue weighted by molar-refractivity contribution is -0.169. The summed E-state index contributed by atoms with van der Waals surface area (Å²) in [5.74, 6) is 4.81. The number of carbonyl (C=O) groups excluding carboxylic acids is 2. The Bertz CT molecular complexity index is 713. The lowest BCUT2D eigenvalue weighted by Gasteiger charge is -2.60. The van der Waals surface area contributed by atoms with Gasteiger partial charge in [-0.25, -0.2) is 0 Å². The fourth-order valence-corrected chi connectivity index (χ4v) is 9.37. The molecule has 182 valence electrons. The van der Waals surface area contributed by atoms with Crippen LogP contribution in [0.15, 0.2) is 0 Å². The number of Topliss-reactive ketones (excluding diaryl/α,β-unsaturated/α-hetero) is 1. The fourth-order valence-electron chi connectivity index (χ4n) is 9.37. The highest BCUT2D eigenvalue weighted by atomic mass is 16.5. The van der Waals surface area contributed by atoms with Crippen molar-refractivity contribution >= 4 is 11.8 Å². The number of esters is 1. The third kappa shape index (κ3) is 4.20. The zero-order valence-corrected chi connectivity index (χ0v) is 21.6. The van der Waals surface area contributed by atoms with Gasteiger partial charge in [-0.2, -0.15) is 0 Å². The van der Waals surface area contributed by atoms with Crippen molar-refractivity contribution < 1.29 is 14.3 Å². The summed E-state index contributed by atoms with van der Waals surface area (Å²) in [7, 11) is 0. The summed E-state index contributed by atoms with van der Waals surface area (Å²) in [6, 6.07) is 0. The van der Waals surface area contributed by atoms with Crippen molar-refractivity contribution in [2.24, 2.45) is 52.3 Å². The van der Waals surface area contributed by atoms with E-state index in [0.29, 0.717) is 23.0 Å². The normalized spacial score (nSPS) is 44.5. The molecule has 0 aromatic heterocycles. The summed E-state index contributed by atoms with van der Waals surface area (Å²) in [5, 5.41) is 0. The Kier molecular flexibility index (Phi) is 6.87. The number of ether oxygens (including phenoxy) is 1. The highest BCUT2D eigenvalue weighted by Crippen LogP contribution is 2.68. The van der Waals surface area contributed by atoms with Crippen LogP contribution in [-0.2, 0) is 14.3 Å². The molecular formula is C29H48O3. The van der Waals surface area contributed by atoms with Crippen LogP contribution in [0, 0.1) is 52.3 Å². The minimum atomic E-state index is -0.201. The summed E-state index contributed by atoms with van der Waals surface area (Å²) in [6.45, 7) is 13.7. The van der Waals surface area contributed by atoms with Crippen LogP contribution in [-0.4, -0.2) is 17.9 Å². The minimum Gasteiger partial charge on any atom is -0.463 e. The van der Waals surface area contributed by atoms with Crippen LogP contribution >= 0.6 is 0 Å². The summed E-state index contributed by atoms with van der Waals surface area (Å²) in [5.41, 5.74) is 0.537. The first-order chi connectivity index (χ1) is 15.1. The number of hydrogen-bond acceptors (Lipinski definition) is 3. The first-order valence-electron chi connectivity index (χ1n) is 13.8. The molecule has 0 heterocycles. The second-order valence-electron chi connectivity index (χ2n) is 13.1. The molecule has 0 spiro atoms. The largest absolute Gasteiger partial charge is 0.463 e. The Morgan fingerprint density at radius 3 is 2.38 bits per heavy atom. The standard InChI is InChI=1S/C29H48O3/c1-18(2)8-7-9-19(3)23-10-11-24-22-17-27(31)26-16-21(32-20(4)30)12-14-29(26,6)25(22)13-15-28(23,24)5/h18-19,21-26H,7-17H2,1-6H3/t19?,21-,22?,23?,24?,25?,26+,28?,29?/m0/s1. The Morgan fingerprint density at radius 1 is 1.00 bits per heavy atom. The molecule has 0 amide bonds. The third-order valence-electron chi connectivity index (χ3n) is 10.9. The SMILES string of the molecule is CC(=O)O[C@H]1CCC2(C)C3CCC4(C)C(C(C)CCCC(C)C)CCC4C3CC(=O)[C@H]2C1. The van der Waals surface area contributed by atoms with Gasteiger partial charge in [0, 0.05) is 19.3 Å². The van der Waals surface area contributed by atoms with Gasteiger partial charge >= 0.3 is 5.97 Å². The van der Waals surface area contributed by atoms with Gasteiger partial charge in [-0.3, -0.25) is 9.59 Å². The zero-order valence-electron chi connectivity index (χ0n) is 21.6. The molecule has 4 fully saturated rings. The summed E-state index contributed by atoms with van der Waals surface area (Å²) < 4.78 is 5.55. The van der Waals surface area contributed by atoms with E-state index in [1.54, 1.807) is 0 Å². The Hall–Kier alpha value is -0.860. The molecule has 0 radical (unpaired) electrons. The average Bonchev–Trinajstić information content (AvgIpc) is 3.06. The van der Waals surface area contributed by atoms with E-state index in [1.807, 2.05) is 0 Å². The first-order valence-corrected chi connectivity index (χ1v) is 13.8. The summed E-state index contributed by atoms with van der Waals surface area (Å²) in [4.78, 5) is 25.0. The fraction of sp³-hybridized carbons (Fsp3) is 0.931. The molecule has 0 saturated heterocycles. The molecule has 0 N–H and O–H groups in total. The van der Waals surface area contributed by atoms with Crippen LogP contribution in [0.25, 0.3) is 0 Å². The second kappa shape index (κ2) is 9.06. The van der Waals surface area contributed by atoms with Gasteiger partial charge in [-0.1, -0.05) is 53.9 Å². The van der Waals surface area contributed by atoms with E-state index in [2.05, 4.69) is 34.6 Å². The minimum absolute atomic E-state index is 0.0533. The van der Waals surface area contributed by atoms with Crippen LogP contribution in [0.4, 0.5) is 0 Å². The Labute approximate surface area is 196 Å². The van der Waals surface area contributed by atoms with E-state index in [-0.39, 0.29) is 23.4 Å². The van der Waals surface area contributed by atoms with Gasteiger partial charge in [0.25, 0.3) is 0 Å². The predicted molar refractivity (Wildman–Crippen MR) is 129 cm³/mol. The van der Waals surface area contributed by atoms with Crippen molar-refractivity contribution in [1.29, 1.82) is 0 Å². The van der Waals surface area contributed by atoms with E-state index in [1.165, 1.54) is 51.9 Å². The lowest BCUT2D eigenvalue weighted by atomic mass is 9.44. The van der Waals surface area contributed by atoms with Crippen molar-refractivity contribution in [3.63, 3.8) is 0 Å². The quantitative estimate of drug-likeness (QED) is 0.406. The van der Waals surface area contributed by atoms with Crippen molar-refractivity contribution in [1.82, 2.24) is 0 Å². The molecule has 9 atom stereocenters. The molecule has 0 aliphatic heterocycles. The van der Waals surface area contributed by atoms with Gasteiger partial charge in [0.05, 0.1) is 0 Å². The topological polar surface area (TPSA) is 43.4 Å². The van der Waals surface area contributed by atoms with Crippen LogP contribution in [0.5, 0.6) is 0 Å². The van der Waals surface area contributed by atoms with Gasteiger partial charge in [-0.15, -0.1) is 0 Å². The van der Waals surface area contributed by atoms with Crippen molar-refractivity contribution in [3.05, 3.63) is 0 Å². The molecule has 3 nitrogen and oxygen atoms in total. The summed E-state index contributed by atoms with van der Waals surface area (Å²) in [6.07, 6.45) is 12.9. The van der Waals surface area contributed by atoms with Gasteiger partial charge in [-0.05, 0) is 91.3 Å². The van der Waals surface area contributed by atoms with Gasteiger partial charge in [0.1, 0.15) is 11.9 Å². The van der Waals surface area contributed by atoms with E-state index >= 15 is 0 Å². The molecular weight excluding hydrogens is 396 g/mol. The number of ketones is 1. The molecule has 4 aliphatic rings. The number of rotatable bonds is 6. The van der Waals surface area contributed by atoms with E-state index < -0.39 is 0 Å². The molecule has 4 rings (SSSR count). The van der Waals surface area contributed by atoms with Gasteiger partial charge in [0.15, 0.2) is 0 Å². The molecule has 0 aromatic carbocycles. The Balaban J connectivity index is 1.48. The predicted octanol–water partition coefficient (Wildman–Crippen LogP) is 7.22. The highest BCUT2D eigenvalue weighted by Gasteiger charge is 2.62. The number of carbonyl (C=O) groups is 2.